The summed E-state index contributed by atoms with van der Waals surface area (Å²) in [6.45, 7) is 0. The first kappa shape index (κ1) is 24.9. The number of fused-ring (bicyclic) bond motifs is 3. The van der Waals surface area contributed by atoms with Crippen molar-refractivity contribution in [2.45, 2.75) is 0 Å². The van der Waals surface area contributed by atoms with E-state index >= 15 is 0 Å². The van der Waals surface area contributed by atoms with Gasteiger partial charge in [0, 0.05) is 37.2 Å². The SMILES string of the molecule is [2H]c1c([2H])c([2H])c(-c2ccc(N(c3ccc(-c4ccccc4)cc3)c3ccc(-c4ccc(-c5ccc6sc7ccccc7c6c5)cc4)cc3)cc2)c([2H])c1[2H]. The van der Waals surface area contributed by atoms with Crippen LogP contribution < -0.4 is 4.90 Å². The van der Waals surface area contributed by atoms with Crippen molar-refractivity contribution < 1.29 is 6.85 Å². The van der Waals surface area contributed by atoms with Crippen LogP contribution in [0.15, 0.2) is 200 Å². The lowest BCUT2D eigenvalue weighted by Gasteiger charge is -2.26. The molecule has 1 aromatic heterocycles. The van der Waals surface area contributed by atoms with Gasteiger partial charge in [-0.15, -0.1) is 11.3 Å². The average Bonchev–Trinajstić information content (AvgIpc) is 3.62. The van der Waals surface area contributed by atoms with Crippen molar-refractivity contribution in [1.82, 2.24) is 0 Å². The Morgan fingerprint density at radius 1 is 0.340 bits per heavy atom. The average molecular weight is 661 g/mol. The third kappa shape index (κ3) is 5.77. The molecule has 0 N–H and O–H groups in total. The molecule has 2 heteroatoms. The van der Waals surface area contributed by atoms with Crippen molar-refractivity contribution in [1.29, 1.82) is 0 Å². The highest BCUT2D eigenvalue weighted by molar-refractivity contribution is 7.25. The maximum absolute atomic E-state index is 8.48. The Morgan fingerprint density at radius 3 is 1.34 bits per heavy atom. The first-order chi connectivity index (χ1) is 26.8. The molecule has 0 aliphatic rings. The van der Waals surface area contributed by atoms with Crippen LogP contribution in [0.2, 0.25) is 0 Å². The summed E-state index contributed by atoms with van der Waals surface area (Å²) in [6.07, 6.45) is 0. The van der Waals surface area contributed by atoms with Crippen LogP contribution in [0, 0.1) is 0 Å². The first-order valence-corrected chi connectivity index (χ1v) is 17.4. The maximum atomic E-state index is 8.48. The summed E-state index contributed by atoms with van der Waals surface area (Å²) in [5.74, 6) is 0. The lowest BCUT2D eigenvalue weighted by atomic mass is 9.99. The highest BCUT2D eigenvalue weighted by Crippen LogP contribution is 2.39. The minimum absolute atomic E-state index is 0.187. The topological polar surface area (TPSA) is 3.24 Å². The minimum Gasteiger partial charge on any atom is -0.311 e. The van der Waals surface area contributed by atoms with Gasteiger partial charge < -0.3 is 4.90 Å². The lowest BCUT2D eigenvalue weighted by Crippen LogP contribution is -2.09. The fourth-order valence-corrected chi connectivity index (χ4v) is 7.70. The zero-order valence-electron chi connectivity index (χ0n) is 32.0. The van der Waals surface area contributed by atoms with Gasteiger partial charge >= 0.3 is 0 Å². The van der Waals surface area contributed by atoms with Crippen molar-refractivity contribution in [2.24, 2.45) is 0 Å². The zero-order valence-corrected chi connectivity index (χ0v) is 27.8. The van der Waals surface area contributed by atoms with Gasteiger partial charge in [0.2, 0.25) is 0 Å². The van der Waals surface area contributed by atoms with Gasteiger partial charge in [-0.05, 0) is 99.1 Å². The van der Waals surface area contributed by atoms with Crippen LogP contribution in [0.3, 0.4) is 0 Å². The summed E-state index contributed by atoms with van der Waals surface area (Å²) >= 11 is 1.83. The molecule has 50 heavy (non-hydrogen) atoms. The molecule has 0 aliphatic heterocycles. The molecule has 0 spiro atoms. The number of rotatable bonds is 7. The molecule has 9 aromatic rings. The molecule has 1 heterocycles. The normalized spacial score (nSPS) is 12.6. The summed E-state index contributed by atoms with van der Waals surface area (Å²) in [5.41, 5.74) is 10.4. The Morgan fingerprint density at radius 2 is 0.760 bits per heavy atom. The lowest BCUT2D eigenvalue weighted by molar-refractivity contribution is 1.28. The molecule has 8 aromatic carbocycles. The third-order valence-electron chi connectivity index (χ3n) is 9.20. The first-order valence-electron chi connectivity index (χ1n) is 19.1. The molecular weight excluding hydrogens is 623 g/mol. The molecule has 0 fully saturated rings. The highest BCUT2D eigenvalue weighted by atomic mass is 32.1. The van der Waals surface area contributed by atoms with Crippen LogP contribution in [0.25, 0.3) is 64.7 Å². The molecule has 9 rings (SSSR count). The van der Waals surface area contributed by atoms with Crippen molar-refractivity contribution in [2.75, 3.05) is 4.90 Å². The quantitative estimate of drug-likeness (QED) is 0.164. The largest absolute Gasteiger partial charge is 0.311 e. The molecule has 0 aliphatic carbocycles. The van der Waals surface area contributed by atoms with E-state index < -0.39 is 6.04 Å². The molecule has 0 saturated heterocycles. The van der Waals surface area contributed by atoms with Crippen LogP contribution in [0.1, 0.15) is 6.85 Å². The molecule has 0 amide bonds. The number of thiophene rings is 1. The van der Waals surface area contributed by atoms with Crippen molar-refractivity contribution in [3.8, 4) is 44.5 Å². The second-order valence-corrected chi connectivity index (χ2v) is 13.3. The fourth-order valence-electron chi connectivity index (χ4n) is 6.62. The van der Waals surface area contributed by atoms with E-state index in [4.69, 9.17) is 6.85 Å². The summed E-state index contributed by atoms with van der Waals surface area (Å²) < 4.78 is 43.9. The van der Waals surface area contributed by atoms with Crippen molar-refractivity contribution >= 4 is 48.6 Å². The molecule has 0 atom stereocenters. The van der Waals surface area contributed by atoms with Crippen LogP contribution in [0.5, 0.6) is 0 Å². The molecule has 0 saturated carbocycles. The Balaban J connectivity index is 1.04. The third-order valence-corrected chi connectivity index (χ3v) is 10.4. The van der Waals surface area contributed by atoms with E-state index in [1.165, 1.54) is 31.3 Å². The number of nitrogens with zero attached hydrogens (tertiary/aromatic N) is 1. The van der Waals surface area contributed by atoms with Gasteiger partial charge in [-0.3, -0.25) is 0 Å². The molecular formula is C48H33NS. The predicted molar refractivity (Wildman–Crippen MR) is 216 cm³/mol. The Labute approximate surface area is 304 Å². The van der Waals surface area contributed by atoms with Crippen molar-refractivity contribution in [3.05, 3.63) is 200 Å². The van der Waals surface area contributed by atoms with E-state index in [0.717, 1.165) is 39.3 Å². The standard InChI is InChI=1S/C48H33NS/c1-3-9-34(10-4-1)37-19-26-42(27-20-37)49(43-28-21-38(22-29-43)35-11-5-2-6-12-35)44-30-23-39(24-31-44)36-15-17-40(18-16-36)41-25-32-48-46(33-41)45-13-7-8-14-47(45)50-48/h1-33H/i1D,3D,4D,9D,10D. The van der Waals surface area contributed by atoms with E-state index in [9.17, 15) is 0 Å². The van der Waals surface area contributed by atoms with Crippen LogP contribution >= 0.6 is 11.3 Å². The van der Waals surface area contributed by atoms with Crippen molar-refractivity contribution in [3.63, 3.8) is 0 Å². The van der Waals surface area contributed by atoms with Gasteiger partial charge in [-0.2, -0.15) is 0 Å². The fraction of sp³-hybridized carbons (Fsp3) is 0. The van der Waals surface area contributed by atoms with Gasteiger partial charge in [0.25, 0.3) is 0 Å². The number of hydrogen-bond acceptors (Lipinski definition) is 2. The Hall–Kier alpha value is -6.22. The number of hydrogen-bond donors (Lipinski definition) is 0. The summed E-state index contributed by atoms with van der Waals surface area (Å²) in [6, 6.07) is 57.3. The van der Waals surface area contributed by atoms with E-state index in [1.54, 1.807) is 0 Å². The monoisotopic (exact) mass is 660 g/mol. The summed E-state index contributed by atoms with van der Waals surface area (Å²) in [7, 11) is 0. The number of anilines is 3. The van der Waals surface area contributed by atoms with Crippen LogP contribution in [-0.2, 0) is 0 Å². The molecule has 236 valence electrons. The molecule has 1 nitrogen and oxygen atoms in total. The second-order valence-electron chi connectivity index (χ2n) is 12.2. The smallest absolute Gasteiger partial charge is 0.0629 e. The highest BCUT2D eigenvalue weighted by Gasteiger charge is 2.14. The summed E-state index contributed by atoms with van der Waals surface area (Å²) in [4.78, 5) is 2.16. The zero-order chi connectivity index (χ0) is 37.6. The molecule has 0 radical (unpaired) electrons. The van der Waals surface area contributed by atoms with Gasteiger partial charge in [0.05, 0.1) is 6.85 Å². The van der Waals surface area contributed by atoms with Gasteiger partial charge in [-0.25, -0.2) is 0 Å². The van der Waals surface area contributed by atoms with Gasteiger partial charge in [0.1, 0.15) is 0 Å². The van der Waals surface area contributed by atoms with E-state index in [0.29, 0.717) is 5.56 Å². The maximum Gasteiger partial charge on any atom is 0.0629 e. The van der Waals surface area contributed by atoms with Crippen LogP contribution in [-0.4, -0.2) is 0 Å². The predicted octanol–water partition coefficient (Wildman–Crippen LogP) is 14.2. The van der Waals surface area contributed by atoms with E-state index in [-0.39, 0.29) is 29.7 Å². The minimum atomic E-state index is -0.398. The van der Waals surface area contributed by atoms with E-state index in [2.05, 4.69) is 132 Å². The number of benzene rings is 8. The van der Waals surface area contributed by atoms with Gasteiger partial charge in [-0.1, -0.05) is 145 Å². The Kier molecular flexibility index (Phi) is 6.46. The Bertz CT molecular complexity index is 2800. The van der Waals surface area contributed by atoms with Crippen LogP contribution in [0.4, 0.5) is 17.1 Å². The molecule has 0 bridgehead atoms. The second kappa shape index (κ2) is 13.0. The van der Waals surface area contributed by atoms with E-state index in [1.807, 2.05) is 53.8 Å². The van der Waals surface area contributed by atoms with Gasteiger partial charge in [0.15, 0.2) is 0 Å². The summed E-state index contributed by atoms with van der Waals surface area (Å²) in [5, 5.41) is 2.59. The molecule has 0 unspecified atom stereocenters.